The number of fused-ring (bicyclic) bond motifs is 7. The molecule has 11 aromatic rings. The predicted molar refractivity (Wildman–Crippen MR) is 225 cm³/mol. The van der Waals surface area contributed by atoms with E-state index >= 15 is 0 Å². The molecule has 0 unspecified atom stereocenters. The van der Waals surface area contributed by atoms with Crippen LogP contribution in [0.5, 0.6) is 0 Å². The van der Waals surface area contributed by atoms with Crippen LogP contribution in [0.3, 0.4) is 0 Å². The Labute approximate surface area is 310 Å². The molecule has 3 nitrogen and oxygen atoms in total. The summed E-state index contributed by atoms with van der Waals surface area (Å²) in [6.07, 6.45) is 0. The minimum Gasteiger partial charge on any atom is -0.309 e. The molecule has 0 saturated heterocycles. The highest BCUT2D eigenvalue weighted by Gasteiger charge is 2.19. The Balaban J connectivity index is 1.06. The van der Waals surface area contributed by atoms with Crippen molar-refractivity contribution in [1.29, 1.82) is 0 Å². The van der Waals surface area contributed by atoms with Crippen molar-refractivity contribution in [3.8, 4) is 45.0 Å². The van der Waals surface area contributed by atoms with Crippen LogP contribution in [0.15, 0.2) is 188 Å². The number of nitrogens with zero attached hydrogens (tertiary/aromatic N) is 3. The van der Waals surface area contributed by atoms with E-state index in [1.807, 2.05) is 11.3 Å². The maximum Gasteiger partial charge on any atom is 0.145 e. The number of aromatic nitrogens is 3. The minimum absolute atomic E-state index is 0.920. The summed E-state index contributed by atoms with van der Waals surface area (Å²) in [5.41, 5.74) is 12.5. The van der Waals surface area contributed by atoms with Gasteiger partial charge in [0.25, 0.3) is 0 Å². The molecule has 0 atom stereocenters. The summed E-state index contributed by atoms with van der Waals surface area (Å²) >= 11 is 1.88. The Morgan fingerprint density at radius 2 is 1.00 bits per heavy atom. The lowest BCUT2D eigenvalue weighted by molar-refractivity contribution is 1.10. The van der Waals surface area contributed by atoms with Crippen LogP contribution in [-0.2, 0) is 0 Å². The van der Waals surface area contributed by atoms with Crippen LogP contribution in [0.1, 0.15) is 0 Å². The highest BCUT2D eigenvalue weighted by atomic mass is 32.1. The van der Waals surface area contributed by atoms with Crippen LogP contribution in [0, 0.1) is 0 Å². The van der Waals surface area contributed by atoms with E-state index < -0.39 is 0 Å². The molecule has 0 amide bonds. The molecule has 248 valence electrons. The summed E-state index contributed by atoms with van der Waals surface area (Å²) in [7, 11) is 0. The van der Waals surface area contributed by atoms with Crippen molar-refractivity contribution in [2.24, 2.45) is 0 Å². The van der Waals surface area contributed by atoms with Crippen molar-refractivity contribution >= 4 is 64.3 Å². The second-order valence-corrected chi connectivity index (χ2v) is 14.6. The van der Waals surface area contributed by atoms with E-state index in [1.54, 1.807) is 0 Å². The number of thiophene rings is 1. The molecule has 0 radical (unpaired) electrons. The first-order valence-electron chi connectivity index (χ1n) is 18.0. The van der Waals surface area contributed by atoms with Crippen molar-refractivity contribution in [3.05, 3.63) is 188 Å². The number of benzene rings is 8. The summed E-state index contributed by atoms with van der Waals surface area (Å²) in [4.78, 5) is 5.36. The maximum atomic E-state index is 5.36. The molecule has 0 fully saturated rings. The van der Waals surface area contributed by atoms with Crippen molar-refractivity contribution in [2.45, 2.75) is 0 Å². The van der Waals surface area contributed by atoms with Crippen LogP contribution < -0.4 is 0 Å². The SMILES string of the molecule is c1ccc(-c2cccc3c2nc(-c2ccc(-n4c5ccccc5c5cc(-c6cccc7c6sc6ccccc67)ccc54)cc2)n3-c2ccccc2)cc1. The highest BCUT2D eigenvalue weighted by molar-refractivity contribution is 7.26. The van der Waals surface area contributed by atoms with Crippen molar-refractivity contribution in [1.82, 2.24) is 14.1 Å². The van der Waals surface area contributed by atoms with Gasteiger partial charge in [-0.25, -0.2) is 4.98 Å². The molecule has 4 heteroatoms. The molecule has 0 spiro atoms. The van der Waals surface area contributed by atoms with E-state index in [9.17, 15) is 0 Å². The molecule has 0 aliphatic carbocycles. The second-order valence-electron chi connectivity index (χ2n) is 13.6. The molecule has 0 N–H and O–H groups in total. The summed E-state index contributed by atoms with van der Waals surface area (Å²) in [6.45, 7) is 0. The number of hydrogen-bond donors (Lipinski definition) is 0. The van der Waals surface area contributed by atoms with Crippen LogP contribution in [0.25, 0.3) is 98.0 Å². The smallest absolute Gasteiger partial charge is 0.145 e. The van der Waals surface area contributed by atoms with Gasteiger partial charge in [-0.2, -0.15) is 0 Å². The predicted octanol–water partition coefficient (Wildman–Crippen LogP) is 13.5. The molecule has 3 aromatic heterocycles. The van der Waals surface area contributed by atoms with Crippen LogP contribution >= 0.6 is 11.3 Å². The third kappa shape index (κ3) is 4.70. The Morgan fingerprint density at radius 1 is 0.377 bits per heavy atom. The number of rotatable bonds is 5. The number of para-hydroxylation sites is 3. The highest BCUT2D eigenvalue weighted by Crippen LogP contribution is 2.42. The first kappa shape index (κ1) is 29.9. The molecule has 11 rings (SSSR count). The van der Waals surface area contributed by atoms with Crippen molar-refractivity contribution < 1.29 is 0 Å². The number of imidazole rings is 1. The maximum absolute atomic E-state index is 5.36. The largest absolute Gasteiger partial charge is 0.309 e. The van der Waals surface area contributed by atoms with Crippen LogP contribution in [0.2, 0.25) is 0 Å². The van der Waals surface area contributed by atoms with Crippen molar-refractivity contribution in [3.63, 3.8) is 0 Å². The molecule has 0 aliphatic rings. The van der Waals surface area contributed by atoms with Crippen LogP contribution in [-0.4, -0.2) is 14.1 Å². The van der Waals surface area contributed by atoms with Gasteiger partial charge in [0.15, 0.2) is 0 Å². The molecule has 0 aliphatic heterocycles. The Kier molecular flexibility index (Phi) is 6.73. The first-order valence-corrected chi connectivity index (χ1v) is 18.8. The van der Waals surface area contributed by atoms with Crippen LogP contribution in [0.4, 0.5) is 0 Å². The average molecular weight is 694 g/mol. The van der Waals surface area contributed by atoms with Gasteiger partial charge in [0.1, 0.15) is 5.82 Å². The summed E-state index contributed by atoms with van der Waals surface area (Å²) in [6, 6.07) is 67.7. The zero-order valence-electron chi connectivity index (χ0n) is 28.6. The fourth-order valence-corrected chi connectivity index (χ4v) is 9.37. The second kappa shape index (κ2) is 11.9. The lowest BCUT2D eigenvalue weighted by atomic mass is 10.0. The Bertz CT molecular complexity index is 3150. The van der Waals surface area contributed by atoms with Gasteiger partial charge in [0.05, 0.1) is 22.1 Å². The van der Waals surface area contributed by atoms with E-state index in [-0.39, 0.29) is 0 Å². The summed E-state index contributed by atoms with van der Waals surface area (Å²) in [5.74, 6) is 0.920. The van der Waals surface area contributed by atoms with E-state index in [0.717, 1.165) is 44.9 Å². The molecule has 0 bridgehead atoms. The van der Waals surface area contributed by atoms with Gasteiger partial charge < -0.3 is 4.57 Å². The van der Waals surface area contributed by atoms with Gasteiger partial charge in [0.2, 0.25) is 0 Å². The zero-order valence-corrected chi connectivity index (χ0v) is 29.5. The summed E-state index contributed by atoms with van der Waals surface area (Å²) < 4.78 is 7.35. The summed E-state index contributed by atoms with van der Waals surface area (Å²) in [5, 5.41) is 5.14. The molecular weight excluding hydrogens is 663 g/mol. The molecular formula is C49H31N3S. The lowest BCUT2D eigenvalue weighted by Crippen LogP contribution is -1.98. The first-order chi connectivity index (χ1) is 26.3. The van der Waals surface area contributed by atoms with Gasteiger partial charge in [-0.3, -0.25) is 4.57 Å². The quantitative estimate of drug-likeness (QED) is 0.176. The number of hydrogen-bond acceptors (Lipinski definition) is 2. The Hall–Kier alpha value is -6.75. The monoisotopic (exact) mass is 693 g/mol. The van der Waals surface area contributed by atoms with E-state index in [4.69, 9.17) is 4.98 Å². The van der Waals surface area contributed by atoms with Gasteiger partial charge >= 0.3 is 0 Å². The van der Waals surface area contributed by atoms with Crippen molar-refractivity contribution in [2.75, 3.05) is 0 Å². The standard InChI is InChI=1S/C49H31N3S/c1-3-13-32(14-4-1)37-19-12-23-45-47(37)50-49(52(45)35-15-5-2-6-16-35)33-25-28-36(29-26-33)51-43-22-9-7-17-39(43)42-31-34(27-30-44(42)51)38-20-11-21-41-40-18-8-10-24-46(40)53-48(38)41/h1-31H. The van der Waals surface area contributed by atoms with Gasteiger partial charge in [-0.15, -0.1) is 11.3 Å². The van der Waals surface area contributed by atoms with Gasteiger partial charge in [-0.05, 0) is 83.4 Å². The third-order valence-electron chi connectivity index (χ3n) is 10.6. The van der Waals surface area contributed by atoms with Gasteiger partial charge in [-0.1, -0.05) is 121 Å². The molecule has 8 aromatic carbocycles. The topological polar surface area (TPSA) is 22.8 Å². The molecule has 3 heterocycles. The third-order valence-corrected chi connectivity index (χ3v) is 11.8. The van der Waals surface area contributed by atoms with Gasteiger partial charge in [0, 0.05) is 53.4 Å². The zero-order chi connectivity index (χ0) is 34.9. The fraction of sp³-hybridized carbons (Fsp3) is 0. The fourth-order valence-electron chi connectivity index (χ4n) is 8.13. The minimum atomic E-state index is 0.920. The average Bonchev–Trinajstić information content (AvgIpc) is 3.91. The molecule has 53 heavy (non-hydrogen) atoms. The van der Waals surface area contributed by atoms with E-state index in [2.05, 4.69) is 197 Å². The lowest BCUT2D eigenvalue weighted by Gasteiger charge is -2.12. The Morgan fingerprint density at radius 3 is 1.85 bits per heavy atom. The van der Waals surface area contributed by atoms with E-state index in [1.165, 1.54) is 53.1 Å². The van der Waals surface area contributed by atoms with E-state index in [0.29, 0.717) is 0 Å². The normalized spacial score (nSPS) is 11.8. The molecule has 0 saturated carbocycles.